The Morgan fingerprint density at radius 1 is 1.35 bits per heavy atom. The second-order valence-electron chi connectivity index (χ2n) is 5.29. The predicted molar refractivity (Wildman–Crippen MR) is 78.9 cm³/mol. The highest BCUT2D eigenvalue weighted by molar-refractivity contribution is 7.89. The molecule has 1 aliphatic rings. The highest BCUT2D eigenvalue weighted by Gasteiger charge is 2.31. The molecule has 1 atom stereocenters. The van der Waals surface area contributed by atoms with Gasteiger partial charge in [0.15, 0.2) is 0 Å². The number of rotatable bonds is 4. The van der Waals surface area contributed by atoms with Gasteiger partial charge in [0.2, 0.25) is 10.0 Å². The van der Waals surface area contributed by atoms with E-state index in [1.54, 1.807) is 24.3 Å². The lowest BCUT2D eigenvalue weighted by Crippen LogP contribution is -2.41. The SMILES string of the molecule is C=C1CCN(S(=O)(=O)c2ccc(C)cc2)CC1CCO. The summed E-state index contributed by atoms with van der Waals surface area (Å²) >= 11 is 0. The van der Waals surface area contributed by atoms with Crippen molar-refractivity contribution in [2.45, 2.75) is 24.7 Å². The van der Waals surface area contributed by atoms with E-state index >= 15 is 0 Å². The van der Waals surface area contributed by atoms with Gasteiger partial charge in [-0.15, -0.1) is 0 Å². The Labute approximate surface area is 120 Å². The van der Waals surface area contributed by atoms with E-state index in [1.165, 1.54) is 4.31 Å². The summed E-state index contributed by atoms with van der Waals surface area (Å²) in [6, 6.07) is 6.91. The van der Waals surface area contributed by atoms with Crippen LogP contribution in [0.5, 0.6) is 0 Å². The predicted octanol–water partition coefficient (Wildman–Crippen LogP) is 1.94. The van der Waals surface area contributed by atoms with Crippen LogP contribution in [0, 0.1) is 12.8 Å². The average molecular weight is 295 g/mol. The van der Waals surface area contributed by atoms with Crippen LogP contribution >= 0.6 is 0 Å². The van der Waals surface area contributed by atoms with Crippen LogP contribution in [0.25, 0.3) is 0 Å². The summed E-state index contributed by atoms with van der Waals surface area (Å²) in [5.41, 5.74) is 2.07. The van der Waals surface area contributed by atoms with E-state index in [-0.39, 0.29) is 12.5 Å². The first-order valence-electron chi connectivity index (χ1n) is 6.80. The molecule has 1 N–H and O–H groups in total. The maximum Gasteiger partial charge on any atom is 0.243 e. The van der Waals surface area contributed by atoms with E-state index in [9.17, 15) is 8.42 Å². The molecule has 4 nitrogen and oxygen atoms in total. The zero-order valence-electron chi connectivity index (χ0n) is 11.7. The lowest BCUT2D eigenvalue weighted by atomic mass is 9.92. The second kappa shape index (κ2) is 6.08. The first kappa shape index (κ1) is 15.2. The van der Waals surface area contributed by atoms with Crippen LogP contribution in [0.15, 0.2) is 41.3 Å². The molecule has 0 aromatic heterocycles. The first-order valence-corrected chi connectivity index (χ1v) is 8.24. The Bertz CT molecular complexity index is 578. The van der Waals surface area contributed by atoms with Gasteiger partial charge in [0.1, 0.15) is 0 Å². The summed E-state index contributed by atoms with van der Waals surface area (Å²) < 4.78 is 26.7. The first-order chi connectivity index (χ1) is 9.45. The Balaban J connectivity index is 2.21. The second-order valence-corrected chi connectivity index (χ2v) is 7.23. The van der Waals surface area contributed by atoms with Gasteiger partial charge in [-0.1, -0.05) is 29.8 Å². The highest BCUT2D eigenvalue weighted by Crippen LogP contribution is 2.28. The number of aryl methyl sites for hydroxylation is 1. The quantitative estimate of drug-likeness (QED) is 0.864. The third kappa shape index (κ3) is 3.11. The minimum absolute atomic E-state index is 0.0500. The monoisotopic (exact) mass is 295 g/mol. The number of piperidine rings is 1. The third-order valence-corrected chi connectivity index (χ3v) is 5.70. The fourth-order valence-electron chi connectivity index (χ4n) is 2.47. The lowest BCUT2D eigenvalue weighted by molar-refractivity contribution is 0.236. The molecule has 0 saturated carbocycles. The van der Waals surface area contributed by atoms with Gasteiger partial charge in [-0.05, 0) is 37.8 Å². The number of nitrogens with zero attached hydrogens (tertiary/aromatic N) is 1. The van der Waals surface area contributed by atoms with E-state index in [4.69, 9.17) is 5.11 Å². The molecule has 1 aromatic carbocycles. The van der Waals surface area contributed by atoms with Crippen molar-refractivity contribution in [3.05, 3.63) is 42.0 Å². The van der Waals surface area contributed by atoms with Crippen LogP contribution < -0.4 is 0 Å². The standard InChI is InChI=1S/C15H21NO3S/c1-12-3-5-15(6-4-12)20(18,19)16-9-7-13(2)14(11-16)8-10-17/h3-6,14,17H,2,7-11H2,1H3. The number of aliphatic hydroxyl groups is 1. The largest absolute Gasteiger partial charge is 0.396 e. The Morgan fingerprint density at radius 2 is 2.00 bits per heavy atom. The van der Waals surface area contributed by atoms with E-state index in [0.29, 0.717) is 30.8 Å². The normalized spacial score (nSPS) is 21.1. The van der Waals surface area contributed by atoms with Crippen LogP contribution in [0.1, 0.15) is 18.4 Å². The van der Waals surface area contributed by atoms with Gasteiger partial charge in [0.25, 0.3) is 0 Å². The number of benzene rings is 1. The molecule has 20 heavy (non-hydrogen) atoms. The van der Waals surface area contributed by atoms with Crippen molar-refractivity contribution in [3.63, 3.8) is 0 Å². The van der Waals surface area contributed by atoms with Crippen LogP contribution in [-0.2, 0) is 10.0 Å². The molecule has 0 radical (unpaired) electrons. The van der Waals surface area contributed by atoms with Crippen molar-refractivity contribution < 1.29 is 13.5 Å². The van der Waals surface area contributed by atoms with E-state index in [0.717, 1.165) is 11.1 Å². The molecule has 0 spiro atoms. The van der Waals surface area contributed by atoms with Crippen LogP contribution in [0.4, 0.5) is 0 Å². The Morgan fingerprint density at radius 3 is 2.60 bits per heavy atom. The molecule has 1 aliphatic heterocycles. The molecule has 5 heteroatoms. The van der Waals surface area contributed by atoms with Crippen LogP contribution in [-0.4, -0.2) is 37.5 Å². The van der Waals surface area contributed by atoms with Crippen LogP contribution in [0.3, 0.4) is 0 Å². The van der Waals surface area contributed by atoms with Gasteiger partial charge in [-0.25, -0.2) is 8.42 Å². The minimum Gasteiger partial charge on any atom is -0.396 e. The van der Waals surface area contributed by atoms with E-state index < -0.39 is 10.0 Å². The number of sulfonamides is 1. The summed E-state index contributed by atoms with van der Waals surface area (Å²) in [6.07, 6.45) is 1.23. The van der Waals surface area contributed by atoms with Gasteiger partial charge < -0.3 is 5.11 Å². The molecule has 1 heterocycles. The summed E-state index contributed by atoms with van der Waals surface area (Å²) in [4.78, 5) is 0.332. The van der Waals surface area contributed by atoms with Crippen molar-refractivity contribution in [2.75, 3.05) is 19.7 Å². The summed E-state index contributed by atoms with van der Waals surface area (Å²) in [6.45, 7) is 6.85. The molecule has 1 saturated heterocycles. The van der Waals surface area contributed by atoms with Crippen molar-refractivity contribution in [3.8, 4) is 0 Å². The molecule has 0 aliphatic carbocycles. The molecule has 1 fully saturated rings. The van der Waals surface area contributed by atoms with Gasteiger partial charge >= 0.3 is 0 Å². The van der Waals surface area contributed by atoms with Gasteiger partial charge in [-0.3, -0.25) is 0 Å². The average Bonchev–Trinajstić information content (AvgIpc) is 2.42. The molecule has 1 aromatic rings. The topological polar surface area (TPSA) is 57.6 Å². The van der Waals surface area contributed by atoms with Gasteiger partial charge in [0.05, 0.1) is 4.90 Å². The summed E-state index contributed by atoms with van der Waals surface area (Å²) in [5, 5.41) is 9.06. The minimum atomic E-state index is -3.44. The summed E-state index contributed by atoms with van der Waals surface area (Å²) in [5.74, 6) is 0.0500. The van der Waals surface area contributed by atoms with Gasteiger partial charge in [0, 0.05) is 19.7 Å². The maximum absolute atomic E-state index is 12.6. The number of hydrogen-bond acceptors (Lipinski definition) is 3. The highest BCUT2D eigenvalue weighted by atomic mass is 32.2. The zero-order chi connectivity index (χ0) is 14.8. The van der Waals surface area contributed by atoms with Crippen LogP contribution in [0.2, 0.25) is 0 Å². The van der Waals surface area contributed by atoms with Crippen molar-refractivity contribution in [1.82, 2.24) is 4.31 Å². The van der Waals surface area contributed by atoms with Crippen molar-refractivity contribution >= 4 is 10.0 Å². The molecule has 110 valence electrons. The maximum atomic E-state index is 12.6. The Hall–Kier alpha value is -1.17. The van der Waals surface area contributed by atoms with E-state index in [1.807, 2.05) is 6.92 Å². The van der Waals surface area contributed by atoms with E-state index in [2.05, 4.69) is 6.58 Å². The number of hydrogen-bond donors (Lipinski definition) is 1. The third-order valence-electron chi connectivity index (χ3n) is 3.82. The summed E-state index contributed by atoms with van der Waals surface area (Å²) in [7, 11) is -3.44. The smallest absolute Gasteiger partial charge is 0.243 e. The molecule has 2 rings (SSSR count). The zero-order valence-corrected chi connectivity index (χ0v) is 12.6. The fraction of sp³-hybridized carbons (Fsp3) is 0.467. The molecule has 0 bridgehead atoms. The molecule has 0 amide bonds. The molecule has 1 unspecified atom stereocenters. The van der Waals surface area contributed by atoms with Crippen molar-refractivity contribution in [1.29, 1.82) is 0 Å². The van der Waals surface area contributed by atoms with Crippen molar-refractivity contribution in [2.24, 2.45) is 5.92 Å². The fourth-order valence-corrected chi connectivity index (χ4v) is 3.95. The lowest BCUT2D eigenvalue weighted by Gasteiger charge is -2.33. The van der Waals surface area contributed by atoms with Gasteiger partial charge in [-0.2, -0.15) is 4.31 Å². The molecular weight excluding hydrogens is 274 g/mol. The Kier molecular flexibility index (Phi) is 4.62. The number of aliphatic hydroxyl groups excluding tert-OH is 1. The molecular formula is C15H21NO3S.